The first-order chi connectivity index (χ1) is 7.45. The van der Waals surface area contributed by atoms with Gasteiger partial charge in [-0.3, -0.25) is 0 Å². The van der Waals surface area contributed by atoms with Gasteiger partial charge in [0.15, 0.2) is 0 Å². The Morgan fingerprint density at radius 2 is 1.69 bits per heavy atom. The summed E-state index contributed by atoms with van der Waals surface area (Å²) in [6, 6.07) is 9.45. The van der Waals surface area contributed by atoms with E-state index in [1.807, 2.05) is 30.3 Å². The third-order valence-electron chi connectivity index (χ3n) is 2.36. The summed E-state index contributed by atoms with van der Waals surface area (Å²) in [6.07, 6.45) is -0.727. The summed E-state index contributed by atoms with van der Waals surface area (Å²) in [5.41, 5.74) is 0.981. The lowest BCUT2D eigenvalue weighted by Gasteiger charge is -2.26. The predicted octanol–water partition coefficient (Wildman–Crippen LogP) is 2.57. The summed E-state index contributed by atoms with van der Waals surface area (Å²) in [7, 11) is 0. The lowest BCUT2D eigenvalue weighted by atomic mass is 9.95. The standard InChI is InChI=1S/C11H13Cl3O2/c12-11(13,14)10(16)9(7-15)6-8-4-2-1-3-5-8/h1-5,9-10,15-16H,6-7H2/t9-,10+/m0/s1. The fourth-order valence-electron chi connectivity index (χ4n) is 1.46. The Morgan fingerprint density at radius 1 is 1.12 bits per heavy atom. The van der Waals surface area contributed by atoms with Crippen LogP contribution in [0.2, 0.25) is 0 Å². The number of rotatable bonds is 4. The van der Waals surface area contributed by atoms with Crippen molar-refractivity contribution in [3.05, 3.63) is 35.9 Å². The number of hydrogen-bond acceptors (Lipinski definition) is 2. The smallest absolute Gasteiger partial charge is 0.216 e. The molecule has 0 fully saturated rings. The van der Waals surface area contributed by atoms with E-state index >= 15 is 0 Å². The number of halogens is 3. The third-order valence-corrected chi connectivity index (χ3v) is 3.03. The molecule has 5 heteroatoms. The van der Waals surface area contributed by atoms with Gasteiger partial charge in [-0.2, -0.15) is 0 Å². The minimum absolute atomic E-state index is 0.232. The van der Waals surface area contributed by atoms with Crippen LogP contribution in [0.15, 0.2) is 30.3 Å². The first-order valence-electron chi connectivity index (χ1n) is 4.84. The van der Waals surface area contributed by atoms with Gasteiger partial charge in [-0.05, 0) is 12.0 Å². The zero-order chi connectivity index (χ0) is 12.2. The minimum Gasteiger partial charge on any atom is -0.396 e. The fraction of sp³-hybridized carbons (Fsp3) is 0.455. The quantitative estimate of drug-likeness (QED) is 0.834. The van der Waals surface area contributed by atoms with E-state index in [1.54, 1.807) is 0 Å². The molecule has 0 bridgehead atoms. The summed E-state index contributed by atoms with van der Waals surface area (Å²) in [4.78, 5) is 0. The number of benzene rings is 1. The zero-order valence-electron chi connectivity index (χ0n) is 8.48. The molecule has 0 aromatic heterocycles. The van der Waals surface area contributed by atoms with Gasteiger partial charge >= 0.3 is 0 Å². The summed E-state index contributed by atoms with van der Waals surface area (Å²) in [6.45, 7) is -0.232. The van der Waals surface area contributed by atoms with Gasteiger partial charge in [0, 0.05) is 12.5 Å². The molecule has 0 spiro atoms. The third kappa shape index (κ3) is 4.11. The van der Waals surface area contributed by atoms with Crippen molar-refractivity contribution in [1.82, 2.24) is 0 Å². The number of alkyl halides is 3. The highest BCUT2D eigenvalue weighted by atomic mass is 35.6. The molecule has 1 aromatic carbocycles. The monoisotopic (exact) mass is 282 g/mol. The molecular formula is C11H13Cl3O2. The topological polar surface area (TPSA) is 40.5 Å². The number of hydrogen-bond donors (Lipinski definition) is 2. The Labute approximate surface area is 110 Å². The van der Waals surface area contributed by atoms with E-state index in [0.717, 1.165) is 5.56 Å². The molecule has 2 N–H and O–H groups in total. The van der Waals surface area contributed by atoms with Crippen LogP contribution in [-0.4, -0.2) is 26.7 Å². The molecule has 2 atom stereocenters. The van der Waals surface area contributed by atoms with E-state index in [1.165, 1.54) is 0 Å². The summed E-state index contributed by atoms with van der Waals surface area (Å²) >= 11 is 16.8. The molecule has 0 heterocycles. The highest BCUT2D eigenvalue weighted by Crippen LogP contribution is 2.34. The average molecular weight is 284 g/mol. The summed E-state index contributed by atoms with van der Waals surface area (Å²) in [5, 5.41) is 18.9. The van der Waals surface area contributed by atoms with Crippen LogP contribution in [0, 0.1) is 5.92 Å². The Kier molecular flexibility index (Phi) is 5.35. The highest BCUT2D eigenvalue weighted by Gasteiger charge is 2.36. The first-order valence-corrected chi connectivity index (χ1v) is 5.98. The molecule has 0 saturated heterocycles. The van der Waals surface area contributed by atoms with Crippen molar-refractivity contribution < 1.29 is 10.2 Å². The lowest BCUT2D eigenvalue weighted by molar-refractivity contribution is 0.0701. The van der Waals surface area contributed by atoms with Gasteiger partial charge in [-0.1, -0.05) is 65.1 Å². The number of aliphatic hydroxyl groups excluding tert-OH is 2. The van der Waals surface area contributed by atoms with Gasteiger partial charge in [0.25, 0.3) is 0 Å². The van der Waals surface area contributed by atoms with Crippen molar-refractivity contribution in [3.63, 3.8) is 0 Å². The normalized spacial score (nSPS) is 15.8. The van der Waals surface area contributed by atoms with Gasteiger partial charge in [-0.15, -0.1) is 0 Å². The predicted molar refractivity (Wildman–Crippen MR) is 67.0 cm³/mol. The van der Waals surface area contributed by atoms with Crippen molar-refractivity contribution in [2.75, 3.05) is 6.61 Å². The Morgan fingerprint density at radius 3 is 2.12 bits per heavy atom. The molecule has 0 aliphatic heterocycles. The van der Waals surface area contributed by atoms with Crippen LogP contribution in [0.25, 0.3) is 0 Å². The fourth-order valence-corrected chi connectivity index (χ4v) is 1.99. The Bertz CT molecular complexity index is 311. The maximum absolute atomic E-state index is 9.75. The molecule has 1 aromatic rings. The molecule has 0 amide bonds. The molecular weight excluding hydrogens is 270 g/mol. The maximum atomic E-state index is 9.75. The first kappa shape index (κ1) is 14.1. The lowest BCUT2D eigenvalue weighted by Crippen LogP contribution is -2.36. The average Bonchev–Trinajstić information content (AvgIpc) is 2.25. The van der Waals surface area contributed by atoms with Crippen LogP contribution in [0.4, 0.5) is 0 Å². The second-order valence-corrected chi connectivity index (χ2v) is 5.99. The Balaban J connectivity index is 2.70. The van der Waals surface area contributed by atoms with Crippen LogP contribution in [0.1, 0.15) is 5.56 Å². The molecule has 16 heavy (non-hydrogen) atoms. The molecule has 0 saturated carbocycles. The van der Waals surface area contributed by atoms with Crippen molar-refractivity contribution in [3.8, 4) is 0 Å². The van der Waals surface area contributed by atoms with E-state index in [2.05, 4.69) is 0 Å². The summed E-state index contributed by atoms with van der Waals surface area (Å²) in [5.74, 6) is -0.491. The van der Waals surface area contributed by atoms with Crippen molar-refractivity contribution in [2.45, 2.75) is 16.3 Å². The Hall–Kier alpha value is 0.01000. The second-order valence-electron chi connectivity index (χ2n) is 3.62. The molecule has 0 radical (unpaired) electrons. The molecule has 0 unspecified atom stereocenters. The maximum Gasteiger partial charge on any atom is 0.216 e. The van der Waals surface area contributed by atoms with E-state index in [9.17, 15) is 10.2 Å². The van der Waals surface area contributed by atoms with Crippen molar-refractivity contribution in [1.29, 1.82) is 0 Å². The van der Waals surface area contributed by atoms with E-state index in [0.29, 0.717) is 6.42 Å². The molecule has 0 aliphatic carbocycles. The van der Waals surface area contributed by atoms with Gasteiger partial charge in [0.05, 0.1) is 0 Å². The van der Waals surface area contributed by atoms with Crippen molar-refractivity contribution in [2.24, 2.45) is 5.92 Å². The van der Waals surface area contributed by atoms with Crippen LogP contribution in [-0.2, 0) is 6.42 Å². The second kappa shape index (κ2) is 6.08. The van der Waals surface area contributed by atoms with Crippen LogP contribution >= 0.6 is 34.8 Å². The minimum atomic E-state index is -1.78. The van der Waals surface area contributed by atoms with Crippen molar-refractivity contribution >= 4 is 34.8 Å². The highest BCUT2D eigenvalue weighted by molar-refractivity contribution is 6.68. The van der Waals surface area contributed by atoms with E-state index < -0.39 is 15.8 Å². The van der Waals surface area contributed by atoms with Gasteiger partial charge in [0.1, 0.15) is 6.10 Å². The largest absolute Gasteiger partial charge is 0.396 e. The zero-order valence-corrected chi connectivity index (χ0v) is 10.8. The van der Waals surface area contributed by atoms with Crippen LogP contribution in [0.5, 0.6) is 0 Å². The SMILES string of the molecule is OC[C@H](Cc1ccccc1)[C@@H](O)C(Cl)(Cl)Cl. The summed E-state index contributed by atoms with van der Waals surface area (Å²) < 4.78 is -1.78. The van der Waals surface area contributed by atoms with E-state index in [-0.39, 0.29) is 6.61 Å². The van der Waals surface area contributed by atoms with Gasteiger partial charge in [-0.25, -0.2) is 0 Å². The molecule has 90 valence electrons. The van der Waals surface area contributed by atoms with Crippen LogP contribution in [0.3, 0.4) is 0 Å². The molecule has 0 aliphatic rings. The molecule has 1 rings (SSSR count). The van der Waals surface area contributed by atoms with Gasteiger partial charge in [0.2, 0.25) is 3.79 Å². The molecule has 2 nitrogen and oxygen atoms in total. The number of aliphatic hydroxyl groups is 2. The van der Waals surface area contributed by atoms with Gasteiger partial charge < -0.3 is 10.2 Å². The van der Waals surface area contributed by atoms with Crippen LogP contribution < -0.4 is 0 Å². The van der Waals surface area contributed by atoms with E-state index in [4.69, 9.17) is 34.8 Å².